The number of fused-ring (bicyclic) bond motifs is 3. The van der Waals surface area contributed by atoms with Crippen molar-refractivity contribution in [1.29, 1.82) is 5.26 Å². The molecule has 1 saturated heterocycles. The number of halogens is 2. The van der Waals surface area contributed by atoms with Gasteiger partial charge in [0.05, 0.1) is 53.3 Å². The zero-order valence-electron chi connectivity index (χ0n) is 19.3. The van der Waals surface area contributed by atoms with E-state index in [0.717, 1.165) is 29.3 Å². The molecule has 4 aromatic rings. The van der Waals surface area contributed by atoms with Gasteiger partial charge in [0.1, 0.15) is 11.3 Å². The lowest BCUT2D eigenvalue weighted by atomic mass is 10.0. The number of imidazole rings is 1. The molecule has 11 heteroatoms. The van der Waals surface area contributed by atoms with E-state index >= 15 is 0 Å². The maximum absolute atomic E-state index is 13.0. The highest BCUT2D eigenvalue weighted by Gasteiger charge is 2.27. The minimum atomic E-state index is -2.98. The normalized spacial score (nSPS) is 17.9. The fourth-order valence-corrected chi connectivity index (χ4v) is 4.59. The molecule has 1 N–H and O–H groups in total. The van der Waals surface area contributed by atoms with Crippen molar-refractivity contribution in [2.24, 2.45) is 0 Å². The van der Waals surface area contributed by atoms with Gasteiger partial charge < -0.3 is 19.4 Å². The summed E-state index contributed by atoms with van der Waals surface area (Å²) in [6.07, 6.45) is 4.44. The van der Waals surface area contributed by atoms with Gasteiger partial charge in [-0.2, -0.15) is 14.0 Å². The highest BCUT2D eigenvalue weighted by Crippen LogP contribution is 2.34. The molecule has 0 spiro atoms. The van der Waals surface area contributed by atoms with Crippen LogP contribution in [0.5, 0.6) is 5.88 Å². The monoisotopic (exact) mass is 492 g/mol. The Morgan fingerprint density at radius 3 is 2.86 bits per heavy atom. The Kier molecular flexibility index (Phi) is 6.43. The number of ether oxygens (including phenoxy) is 2. The molecule has 3 aromatic heterocycles. The molecular weight excluding hydrogens is 470 g/mol. The van der Waals surface area contributed by atoms with E-state index in [1.54, 1.807) is 24.4 Å². The predicted molar refractivity (Wildman–Crippen MR) is 127 cm³/mol. The number of amides is 1. The van der Waals surface area contributed by atoms with E-state index in [1.807, 2.05) is 6.92 Å². The van der Waals surface area contributed by atoms with Crippen molar-refractivity contribution < 1.29 is 23.0 Å². The summed E-state index contributed by atoms with van der Waals surface area (Å²) < 4.78 is 36.8. The summed E-state index contributed by atoms with van der Waals surface area (Å²) in [6.45, 7) is -0.379. The van der Waals surface area contributed by atoms with Crippen LogP contribution >= 0.6 is 0 Å². The van der Waals surface area contributed by atoms with Gasteiger partial charge in [-0.25, -0.2) is 9.97 Å². The summed E-state index contributed by atoms with van der Waals surface area (Å²) in [7, 11) is 0. The molecule has 0 bridgehead atoms. The van der Waals surface area contributed by atoms with Gasteiger partial charge in [0, 0.05) is 24.1 Å². The van der Waals surface area contributed by atoms with E-state index in [0.29, 0.717) is 29.2 Å². The lowest BCUT2D eigenvalue weighted by molar-refractivity contribution is -0.115. The van der Waals surface area contributed by atoms with Crippen molar-refractivity contribution in [2.45, 2.75) is 44.9 Å². The van der Waals surface area contributed by atoms with Crippen LogP contribution in [0.1, 0.15) is 37.2 Å². The summed E-state index contributed by atoms with van der Waals surface area (Å²) in [5, 5.41) is 13.0. The van der Waals surface area contributed by atoms with Gasteiger partial charge in [-0.3, -0.25) is 9.78 Å². The Balaban J connectivity index is 1.51. The molecular formula is C25H22F2N6O3. The SMILES string of the molecule is C[C@@H]1C[C@H](n2c(CC(=O)Nc3ccc(OC(F)F)nc3)nc3cnc4ccc(C#N)cc4c32)CCO1. The zero-order chi connectivity index (χ0) is 25.2. The first-order valence-corrected chi connectivity index (χ1v) is 11.4. The third kappa shape index (κ3) is 4.81. The Hall–Kier alpha value is -4.17. The highest BCUT2D eigenvalue weighted by molar-refractivity contribution is 6.03. The van der Waals surface area contributed by atoms with E-state index in [2.05, 4.69) is 30.7 Å². The molecule has 1 amide bonds. The van der Waals surface area contributed by atoms with Crippen LogP contribution in [-0.2, 0) is 16.0 Å². The number of rotatable bonds is 6. The van der Waals surface area contributed by atoms with Crippen LogP contribution < -0.4 is 10.1 Å². The van der Waals surface area contributed by atoms with Gasteiger partial charge in [-0.1, -0.05) is 0 Å². The predicted octanol–water partition coefficient (Wildman–Crippen LogP) is 4.37. The second-order valence-electron chi connectivity index (χ2n) is 8.58. The number of anilines is 1. The van der Waals surface area contributed by atoms with Crippen molar-refractivity contribution >= 4 is 33.5 Å². The molecule has 1 aliphatic rings. The van der Waals surface area contributed by atoms with Crippen molar-refractivity contribution in [3.8, 4) is 11.9 Å². The fraction of sp³-hybridized carbons (Fsp3) is 0.320. The first-order chi connectivity index (χ1) is 17.4. The average Bonchev–Trinajstić information content (AvgIpc) is 3.22. The Morgan fingerprint density at radius 1 is 1.28 bits per heavy atom. The quantitative estimate of drug-likeness (QED) is 0.425. The zero-order valence-corrected chi connectivity index (χ0v) is 19.3. The van der Waals surface area contributed by atoms with Gasteiger partial charge in [-0.15, -0.1) is 0 Å². The number of hydrogen-bond donors (Lipinski definition) is 1. The van der Waals surface area contributed by atoms with Crippen LogP contribution in [0, 0.1) is 11.3 Å². The topological polar surface area (TPSA) is 115 Å². The van der Waals surface area contributed by atoms with Gasteiger partial charge in [0.2, 0.25) is 11.8 Å². The molecule has 0 saturated carbocycles. The van der Waals surface area contributed by atoms with Gasteiger partial charge >= 0.3 is 6.61 Å². The molecule has 5 rings (SSSR count). The van der Waals surface area contributed by atoms with Crippen molar-refractivity contribution in [1.82, 2.24) is 19.5 Å². The molecule has 2 atom stereocenters. The number of hydrogen-bond acceptors (Lipinski definition) is 7. The Bertz CT molecular complexity index is 1460. The van der Waals surface area contributed by atoms with Gasteiger partial charge in [0.25, 0.3) is 0 Å². The molecule has 0 aliphatic carbocycles. The minimum Gasteiger partial charge on any atom is -0.417 e. The second-order valence-corrected chi connectivity index (χ2v) is 8.58. The van der Waals surface area contributed by atoms with Crippen LogP contribution in [0.4, 0.5) is 14.5 Å². The summed E-state index contributed by atoms with van der Waals surface area (Å²) >= 11 is 0. The molecule has 1 aromatic carbocycles. The number of carbonyl (C=O) groups is 1. The standard InChI is InChI=1S/C25H22F2N6O3/c1-14-8-17(6-7-35-14)33-21(10-22(34)31-16-3-5-23(30-12-16)36-25(26)27)32-20-13-29-19-4-2-15(11-28)9-18(19)24(20)33/h2-5,9,12-14,17,25H,6-8,10H2,1H3,(H,31,34)/t14-,17-/m1/s1. The van der Waals surface area contributed by atoms with Crippen LogP contribution in [0.3, 0.4) is 0 Å². The molecule has 1 aliphatic heterocycles. The van der Waals surface area contributed by atoms with E-state index in [-0.39, 0.29) is 30.4 Å². The second kappa shape index (κ2) is 9.83. The number of nitriles is 1. The molecule has 0 unspecified atom stereocenters. The fourth-order valence-electron chi connectivity index (χ4n) is 4.59. The maximum Gasteiger partial charge on any atom is 0.388 e. The molecule has 9 nitrogen and oxygen atoms in total. The molecule has 36 heavy (non-hydrogen) atoms. The molecule has 1 fully saturated rings. The van der Waals surface area contributed by atoms with Crippen LogP contribution in [0.2, 0.25) is 0 Å². The average molecular weight is 492 g/mol. The summed E-state index contributed by atoms with van der Waals surface area (Å²) in [4.78, 5) is 26.0. The molecule has 184 valence electrons. The number of aromatic nitrogens is 4. The van der Waals surface area contributed by atoms with E-state index in [4.69, 9.17) is 9.72 Å². The minimum absolute atomic E-state index is 0.0326. The number of alkyl halides is 2. The maximum atomic E-state index is 13.0. The van der Waals surface area contributed by atoms with Gasteiger partial charge in [0.15, 0.2) is 0 Å². The van der Waals surface area contributed by atoms with Crippen LogP contribution in [0.15, 0.2) is 42.7 Å². The number of nitrogens with one attached hydrogen (secondary N) is 1. The van der Waals surface area contributed by atoms with E-state index in [1.165, 1.54) is 18.3 Å². The summed E-state index contributed by atoms with van der Waals surface area (Å²) in [6, 6.07) is 10.2. The number of nitrogens with zero attached hydrogens (tertiary/aromatic N) is 5. The highest BCUT2D eigenvalue weighted by atomic mass is 19.3. The van der Waals surface area contributed by atoms with Crippen molar-refractivity contribution in [2.75, 3.05) is 11.9 Å². The first-order valence-electron chi connectivity index (χ1n) is 11.4. The Labute approximate surface area is 204 Å². The van der Waals surface area contributed by atoms with Crippen molar-refractivity contribution in [3.05, 3.63) is 54.1 Å². The van der Waals surface area contributed by atoms with Crippen molar-refractivity contribution in [3.63, 3.8) is 0 Å². The van der Waals surface area contributed by atoms with Crippen LogP contribution in [0.25, 0.3) is 21.9 Å². The first kappa shape index (κ1) is 23.6. The van der Waals surface area contributed by atoms with Crippen LogP contribution in [-0.4, -0.2) is 44.7 Å². The Morgan fingerprint density at radius 2 is 2.14 bits per heavy atom. The largest absolute Gasteiger partial charge is 0.417 e. The summed E-state index contributed by atoms with van der Waals surface area (Å²) in [5.41, 5.74) is 3.05. The van der Waals surface area contributed by atoms with E-state index in [9.17, 15) is 18.8 Å². The number of carbonyl (C=O) groups excluding carboxylic acids is 1. The lowest BCUT2D eigenvalue weighted by Crippen LogP contribution is -2.27. The molecule has 4 heterocycles. The number of benzene rings is 1. The third-order valence-electron chi connectivity index (χ3n) is 6.09. The lowest BCUT2D eigenvalue weighted by Gasteiger charge is -2.30. The number of pyridine rings is 2. The smallest absolute Gasteiger partial charge is 0.388 e. The van der Waals surface area contributed by atoms with E-state index < -0.39 is 6.61 Å². The third-order valence-corrected chi connectivity index (χ3v) is 6.09. The molecule has 0 radical (unpaired) electrons. The van der Waals surface area contributed by atoms with Gasteiger partial charge in [-0.05, 0) is 44.0 Å². The summed E-state index contributed by atoms with van der Waals surface area (Å²) in [5.74, 6) is -0.0237.